The smallest absolute Gasteiger partial charge is 0.143 e. The van der Waals surface area contributed by atoms with Crippen LogP contribution in [-0.2, 0) is 0 Å². The number of rotatable bonds is 2. The molecule has 194 valence electrons. The summed E-state index contributed by atoms with van der Waals surface area (Å²) in [4.78, 5) is 0. The van der Waals surface area contributed by atoms with Crippen LogP contribution >= 0.6 is 0 Å². The van der Waals surface area contributed by atoms with Gasteiger partial charge >= 0.3 is 0 Å². The lowest BCUT2D eigenvalue weighted by Gasteiger charge is -2.13. The topological polar surface area (TPSA) is 18.1 Å². The molecule has 2 nitrogen and oxygen atoms in total. The lowest BCUT2D eigenvalue weighted by atomic mass is 9.92. The molecule has 10 aromatic rings. The van der Waals surface area contributed by atoms with Crippen LogP contribution in [0.3, 0.4) is 0 Å². The number of hydrogen-bond acceptors (Lipinski definition) is 1. The van der Waals surface area contributed by atoms with E-state index in [4.69, 9.17) is 4.42 Å². The summed E-state index contributed by atoms with van der Waals surface area (Å²) < 4.78 is 8.88. The Morgan fingerprint density at radius 1 is 0.429 bits per heavy atom. The average Bonchev–Trinajstić information content (AvgIpc) is 3.59. The van der Waals surface area contributed by atoms with Gasteiger partial charge in [-0.15, -0.1) is 0 Å². The summed E-state index contributed by atoms with van der Waals surface area (Å²) in [5.74, 6) is 0. The second kappa shape index (κ2) is 7.99. The van der Waals surface area contributed by atoms with Gasteiger partial charge in [0.25, 0.3) is 0 Å². The maximum atomic E-state index is 6.44. The Labute approximate surface area is 241 Å². The van der Waals surface area contributed by atoms with Gasteiger partial charge in [0.2, 0.25) is 0 Å². The summed E-state index contributed by atoms with van der Waals surface area (Å²) in [5.41, 5.74) is 7.68. The van der Waals surface area contributed by atoms with Crippen molar-refractivity contribution in [1.29, 1.82) is 0 Å². The lowest BCUT2D eigenvalue weighted by Crippen LogP contribution is -1.94. The first-order chi connectivity index (χ1) is 20.8. The molecular formula is C40H23NO. The maximum absolute atomic E-state index is 6.44. The van der Waals surface area contributed by atoms with E-state index in [1.807, 2.05) is 6.07 Å². The van der Waals surface area contributed by atoms with Gasteiger partial charge in [0.15, 0.2) is 0 Å². The van der Waals surface area contributed by atoms with Crippen LogP contribution in [0.1, 0.15) is 0 Å². The summed E-state index contributed by atoms with van der Waals surface area (Å²) in [6.45, 7) is 0. The normalized spacial score (nSPS) is 12.3. The molecule has 0 bridgehead atoms. The molecule has 0 aliphatic rings. The van der Waals surface area contributed by atoms with Gasteiger partial charge in [-0.05, 0) is 68.2 Å². The third-order valence-corrected chi connectivity index (χ3v) is 9.11. The molecule has 0 aliphatic carbocycles. The van der Waals surface area contributed by atoms with Gasteiger partial charge in [-0.1, -0.05) is 109 Å². The minimum Gasteiger partial charge on any atom is -0.455 e. The second-order valence-corrected chi connectivity index (χ2v) is 11.3. The van der Waals surface area contributed by atoms with Crippen molar-refractivity contribution in [3.05, 3.63) is 140 Å². The summed E-state index contributed by atoms with van der Waals surface area (Å²) in [6, 6.07) is 50.6. The summed E-state index contributed by atoms with van der Waals surface area (Å²) in [6.07, 6.45) is 0. The average molecular weight is 534 g/mol. The van der Waals surface area contributed by atoms with Crippen LogP contribution in [0.2, 0.25) is 0 Å². The monoisotopic (exact) mass is 533 g/mol. The molecule has 42 heavy (non-hydrogen) atoms. The third-order valence-electron chi connectivity index (χ3n) is 9.11. The van der Waals surface area contributed by atoms with Crippen molar-refractivity contribution < 1.29 is 4.42 Å². The number of nitrogens with zero attached hydrogens (tertiary/aromatic N) is 1. The van der Waals surface area contributed by atoms with Gasteiger partial charge in [-0.3, -0.25) is 0 Å². The molecular weight excluding hydrogens is 510 g/mol. The van der Waals surface area contributed by atoms with Crippen LogP contribution in [0.15, 0.2) is 144 Å². The fraction of sp³-hybridized carbons (Fsp3) is 0. The highest BCUT2D eigenvalue weighted by molar-refractivity contribution is 6.33. The predicted octanol–water partition coefficient (Wildman–Crippen LogP) is 11.2. The van der Waals surface area contributed by atoms with Crippen molar-refractivity contribution in [2.75, 3.05) is 0 Å². The first kappa shape index (κ1) is 22.1. The molecule has 2 aromatic heterocycles. The van der Waals surface area contributed by atoms with Crippen LogP contribution in [0.25, 0.3) is 92.9 Å². The van der Waals surface area contributed by atoms with E-state index in [1.54, 1.807) is 0 Å². The Kier molecular flexibility index (Phi) is 4.21. The van der Waals surface area contributed by atoms with Crippen molar-refractivity contribution in [2.24, 2.45) is 0 Å². The first-order valence-corrected chi connectivity index (χ1v) is 14.4. The zero-order valence-corrected chi connectivity index (χ0v) is 22.6. The number of fused-ring (bicyclic) bond motifs is 7. The van der Waals surface area contributed by atoms with Gasteiger partial charge in [-0.2, -0.15) is 0 Å². The van der Waals surface area contributed by atoms with E-state index in [0.717, 1.165) is 38.8 Å². The SMILES string of the molecule is c1ccc(-n2c3cc(-c4cccc5c4oc4ccccc45)ccc3c3c4ccc5cccc6ccc(cc32)c4c65)cc1. The Bertz CT molecular complexity index is 2660. The molecule has 0 radical (unpaired) electrons. The number of furan rings is 1. The summed E-state index contributed by atoms with van der Waals surface area (Å²) >= 11 is 0. The Morgan fingerprint density at radius 3 is 2.07 bits per heavy atom. The van der Waals surface area contributed by atoms with E-state index < -0.39 is 0 Å². The van der Waals surface area contributed by atoms with Crippen molar-refractivity contribution >= 4 is 76.1 Å². The molecule has 0 unspecified atom stereocenters. The fourth-order valence-electron chi connectivity index (χ4n) is 7.31. The molecule has 2 heterocycles. The standard InChI is InChI=1S/C40H23NO/c1-2-10-28(11-3-1)41-34-22-26(29-13-7-14-31-30-12-4-5-15-36(30)42-40(29)31)19-20-32(34)39-33-21-18-25-9-6-8-24-16-17-27(23-35(39)41)38(33)37(24)25/h1-23H. The van der Waals surface area contributed by atoms with Gasteiger partial charge in [0.1, 0.15) is 11.2 Å². The van der Waals surface area contributed by atoms with E-state index in [9.17, 15) is 0 Å². The van der Waals surface area contributed by atoms with Crippen LogP contribution in [0.4, 0.5) is 0 Å². The number of para-hydroxylation sites is 3. The highest BCUT2D eigenvalue weighted by Crippen LogP contribution is 2.44. The highest BCUT2D eigenvalue weighted by atomic mass is 16.3. The van der Waals surface area contributed by atoms with Gasteiger partial charge in [0, 0.05) is 32.8 Å². The molecule has 0 amide bonds. The number of aromatic nitrogens is 1. The van der Waals surface area contributed by atoms with E-state index in [-0.39, 0.29) is 0 Å². The second-order valence-electron chi connectivity index (χ2n) is 11.3. The molecule has 10 rings (SSSR count). The van der Waals surface area contributed by atoms with E-state index in [2.05, 4.69) is 138 Å². The number of hydrogen-bond donors (Lipinski definition) is 0. The third kappa shape index (κ3) is 2.83. The van der Waals surface area contributed by atoms with E-state index in [0.29, 0.717) is 0 Å². The van der Waals surface area contributed by atoms with E-state index >= 15 is 0 Å². The van der Waals surface area contributed by atoms with E-state index in [1.165, 1.54) is 54.1 Å². The predicted molar refractivity (Wildman–Crippen MR) is 177 cm³/mol. The molecule has 0 atom stereocenters. The molecule has 8 aromatic carbocycles. The van der Waals surface area contributed by atoms with Crippen LogP contribution < -0.4 is 0 Å². The van der Waals surface area contributed by atoms with Crippen molar-refractivity contribution in [3.63, 3.8) is 0 Å². The molecule has 2 heteroatoms. The van der Waals surface area contributed by atoms with Crippen molar-refractivity contribution in [2.45, 2.75) is 0 Å². The fourth-order valence-corrected chi connectivity index (χ4v) is 7.31. The Balaban J connectivity index is 1.36. The quantitative estimate of drug-likeness (QED) is 0.202. The Morgan fingerprint density at radius 2 is 1.17 bits per heavy atom. The molecule has 0 N–H and O–H groups in total. The van der Waals surface area contributed by atoms with Crippen LogP contribution in [-0.4, -0.2) is 4.57 Å². The van der Waals surface area contributed by atoms with Crippen molar-refractivity contribution in [3.8, 4) is 16.8 Å². The van der Waals surface area contributed by atoms with Gasteiger partial charge < -0.3 is 8.98 Å². The minimum absolute atomic E-state index is 0.920. The maximum Gasteiger partial charge on any atom is 0.143 e. The van der Waals surface area contributed by atoms with Crippen molar-refractivity contribution in [1.82, 2.24) is 4.57 Å². The molecule has 0 saturated heterocycles. The van der Waals surface area contributed by atoms with Gasteiger partial charge in [-0.25, -0.2) is 0 Å². The molecule has 0 spiro atoms. The van der Waals surface area contributed by atoms with Gasteiger partial charge in [0.05, 0.1) is 11.0 Å². The first-order valence-electron chi connectivity index (χ1n) is 14.4. The Hall–Kier alpha value is -5.60. The minimum atomic E-state index is 0.920. The zero-order valence-electron chi connectivity index (χ0n) is 22.6. The van der Waals surface area contributed by atoms with Crippen LogP contribution in [0.5, 0.6) is 0 Å². The zero-order chi connectivity index (χ0) is 27.4. The highest BCUT2D eigenvalue weighted by Gasteiger charge is 2.20. The summed E-state index contributed by atoms with van der Waals surface area (Å²) in [7, 11) is 0. The largest absolute Gasteiger partial charge is 0.455 e. The summed E-state index contributed by atoms with van der Waals surface area (Å²) in [5, 5.41) is 12.7. The molecule has 0 saturated carbocycles. The van der Waals surface area contributed by atoms with Crippen LogP contribution in [0, 0.1) is 0 Å². The molecule has 0 fully saturated rings. The molecule has 0 aliphatic heterocycles. The number of benzene rings is 8. The lowest BCUT2D eigenvalue weighted by molar-refractivity contribution is 0.670.